The van der Waals surface area contributed by atoms with Crippen molar-refractivity contribution in [2.24, 2.45) is 5.73 Å². The highest BCUT2D eigenvalue weighted by molar-refractivity contribution is 5.96. The molecular weight excluding hydrogens is 361 g/mol. The Morgan fingerprint density at radius 1 is 1.15 bits per heavy atom. The van der Waals surface area contributed by atoms with Crippen molar-refractivity contribution in [2.45, 2.75) is 6.18 Å². The van der Waals surface area contributed by atoms with Gasteiger partial charge in [-0.05, 0) is 24.3 Å². The first-order valence-corrected chi connectivity index (χ1v) is 7.70. The highest BCUT2D eigenvalue weighted by Gasteiger charge is 2.34. The lowest BCUT2D eigenvalue weighted by Gasteiger charge is -2.09. The third-order valence-electron chi connectivity index (χ3n) is 3.95. The predicted molar refractivity (Wildman–Crippen MR) is 89.5 cm³/mol. The summed E-state index contributed by atoms with van der Waals surface area (Å²) >= 11 is 0. The van der Waals surface area contributed by atoms with Crippen molar-refractivity contribution in [1.82, 2.24) is 24.3 Å². The molecule has 4 heterocycles. The number of aromatic amines is 1. The summed E-state index contributed by atoms with van der Waals surface area (Å²) in [5, 5.41) is 0. The van der Waals surface area contributed by atoms with Crippen LogP contribution < -0.4 is 5.73 Å². The Kier molecular flexibility index (Phi) is 3.69. The highest BCUT2D eigenvalue weighted by Crippen LogP contribution is 2.31. The van der Waals surface area contributed by atoms with Gasteiger partial charge >= 0.3 is 6.18 Å². The van der Waals surface area contributed by atoms with Gasteiger partial charge in [-0.1, -0.05) is 0 Å². The van der Waals surface area contributed by atoms with E-state index in [1.54, 1.807) is 24.4 Å². The number of nitrogens with one attached hydrogen (secondary N) is 1. The van der Waals surface area contributed by atoms with Crippen LogP contribution in [0.15, 0.2) is 49.1 Å². The summed E-state index contributed by atoms with van der Waals surface area (Å²) < 4.78 is 40.3. The van der Waals surface area contributed by atoms with Crippen molar-refractivity contribution in [1.29, 1.82) is 0 Å². The molecule has 7 nitrogen and oxygen atoms in total. The lowest BCUT2D eigenvalue weighted by Crippen LogP contribution is -2.16. The van der Waals surface area contributed by atoms with Gasteiger partial charge < -0.3 is 10.7 Å². The van der Waals surface area contributed by atoms with Crippen molar-refractivity contribution in [3.05, 3.63) is 60.4 Å². The van der Waals surface area contributed by atoms with E-state index in [9.17, 15) is 18.0 Å². The van der Waals surface area contributed by atoms with Crippen LogP contribution in [0.1, 0.15) is 16.2 Å². The van der Waals surface area contributed by atoms with E-state index in [1.165, 1.54) is 18.5 Å². The van der Waals surface area contributed by atoms with Crippen LogP contribution in [0.5, 0.6) is 0 Å². The molecule has 0 aliphatic heterocycles. The van der Waals surface area contributed by atoms with E-state index >= 15 is 0 Å². The Morgan fingerprint density at radius 2 is 1.96 bits per heavy atom. The quantitative estimate of drug-likeness (QED) is 0.577. The van der Waals surface area contributed by atoms with E-state index in [0.29, 0.717) is 11.3 Å². The fourth-order valence-corrected chi connectivity index (χ4v) is 2.72. The minimum Gasteiger partial charge on any atom is -0.364 e. The fraction of sp³-hybridized carbons (Fsp3) is 0.0588. The Hall–Kier alpha value is -3.69. The first kappa shape index (κ1) is 16.8. The highest BCUT2D eigenvalue weighted by atomic mass is 19.4. The Bertz CT molecular complexity index is 1150. The second-order valence-electron chi connectivity index (χ2n) is 5.69. The van der Waals surface area contributed by atoms with Gasteiger partial charge in [-0.15, -0.1) is 0 Å². The number of nitrogens with two attached hydrogens (primary N) is 1. The molecule has 0 unspecified atom stereocenters. The second-order valence-corrected chi connectivity index (χ2v) is 5.69. The maximum atomic E-state index is 13.1. The smallest absolute Gasteiger partial charge is 0.364 e. The van der Waals surface area contributed by atoms with Crippen molar-refractivity contribution in [3.63, 3.8) is 0 Å². The van der Waals surface area contributed by atoms with Gasteiger partial charge in [0.1, 0.15) is 17.0 Å². The summed E-state index contributed by atoms with van der Waals surface area (Å²) in [6, 6.07) is 6.39. The number of amides is 1. The molecule has 0 aromatic carbocycles. The fourth-order valence-electron chi connectivity index (χ4n) is 2.72. The van der Waals surface area contributed by atoms with Gasteiger partial charge in [0.2, 0.25) is 0 Å². The number of imidazole rings is 1. The number of carbonyl (C=O) groups excluding carboxylic acids is 1. The third-order valence-corrected chi connectivity index (χ3v) is 3.95. The molecule has 4 rings (SSSR count). The molecule has 0 fully saturated rings. The first-order valence-electron chi connectivity index (χ1n) is 7.70. The molecule has 0 atom stereocenters. The van der Waals surface area contributed by atoms with E-state index in [2.05, 4.69) is 19.9 Å². The number of hydrogen-bond acceptors (Lipinski definition) is 4. The number of primary amides is 1. The van der Waals surface area contributed by atoms with E-state index in [0.717, 1.165) is 10.6 Å². The molecule has 3 N–H and O–H groups in total. The molecule has 0 aliphatic carbocycles. The van der Waals surface area contributed by atoms with Gasteiger partial charge in [0, 0.05) is 18.0 Å². The minimum absolute atomic E-state index is 0.0864. The molecule has 0 spiro atoms. The Morgan fingerprint density at radius 3 is 2.63 bits per heavy atom. The number of pyridine rings is 1. The van der Waals surface area contributed by atoms with Crippen molar-refractivity contribution < 1.29 is 18.0 Å². The molecule has 0 saturated carbocycles. The molecule has 0 aliphatic rings. The zero-order valence-corrected chi connectivity index (χ0v) is 13.5. The van der Waals surface area contributed by atoms with Crippen molar-refractivity contribution in [3.8, 4) is 22.6 Å². The molecule has 136 valence electrons. The van der Waals surface area contributed by atoms with E-state index in [4.69, 9.17) is 5.73 Å². The van der Waals surface area contributed by atoms with Crippen LogP contribution in [0.2, 0.25) is 0 Å². The lowest BCUT2D eigenvalue weighted by atomic mass is 10.1. The number of halogens is 3. The summed E-state index contributed by atoms with van der Waals surface area (Å²) in [5.41, 5.74) is 5.89. The summed E-state index contributed by atoms with van der Waals surface area (Å²) in [6.07, 6.45) is 0.469. The lowest BCUT2D eigenvalue weighted by molar-refractivity contribution is -0.141. The largest absolute Gasteiger partial charge is 0.433 e. The predicted octanol–water partition coefficient (Wildman–Crippen LogP) is 2.90. The SMILES string of the molecule is NC(=O)c1nc(-c2ccc3ncc(C(F)(F)F)n3c2)cnc1-c1ccc[nH]1. The van der Waals surface area contributed by atoms with Crippen molar-refractivity contribution >= 4 is 11.6 Å². The number of alkyl halides is 3. The normalized spacial score (nSPS) is 11.8. The molecule has 0 radical (unpaired) electrons. The van der Waals surface area contributed by atoms with Crippen molar-refractivity contribution in [2.75, 3.05) is 0 Å². The average molecular weight is 372 g/mol. The van der Waals surface area contributed by atoms with Crippen LogP contribution in [0.25, 0.3) is 28.3 Å². The summed E-state index contributed by atoms with van der Waals surface area (Å²) in [5.74, 6) is -0.798. The number of hydrogen-bond donors (Lipinski definition) is 2. The minimum atomic E-state index is -4.56. The third kappa shape index (κ3) is 2.90. The molecule has 0 bridgehead atoms. The Balaban J connectivity index is 1.86. The maximum Gasteiger partial charge on any atom is 0.433 e. The van der Waals surface area contributed by atoms with Crippen LogP contribution in [0, 0.1) is 0 Å². The van der Waals surface area contributed by atoms with E-state index < -0.39 is 17.8 Å². The number of fused-ring (bicyclic) bond motifs is 1. The standard InChI is InChI=1S/C17H11F3N6O/c18-17(19,20)12-7-23-13-4-3-9(8-26(12)13)11-6-24-14(10-2-1-5-22-10)15(25-11)16(21)27/h1-8,22H,(H2,21,27). The number of rotatable bonds is 3. The first-order chi connectivity index (χ1) is 12.8. The zero-order chi connectivity index (χ0) is 19.2. The molecular formula is C17H11F3N6O. The monoisotopic (exact) mass is 372 g/mol. The summed E-state index contributed by atoms with van der Waals surface area (Å²) in [4.78, 5) is 26.9. The second kappa shape index (κ2) is 5.94. The maximum absolute atomic E-state index is 13.1. The molecule has 4 aromatic heterocycles. The molecule has 0 saturated heterocycles. The molecule has 4 aromatic rings. The van der Waals surface area contributed by atoms with Crippen LogP contribution in [-0.2, 0) is 6.18 Å². The van der Waals surface area contributed by atoms with Gasteiger partial charge in [0.05, 0.1) is 23.8 Å². The van der Waals surface area contributed by atoms with Crippen LogP contribution in [0.3, 0.4) is 0 Å². The molecule has 27 heavy (non-hydrogen) atoms. The van der Waals surface area contributed by atoms with E-state index in [-0.39, 0.29) is 22.7 Å². The average Bonchev–Trinajstić information content (AvgIpc) is 3.29. The van der Waals surface area contributed by atoms with Gasteiger partial charge in [-0.2, -0.15) is 13.2 Å². The van der Waals surface area contributed by atoms with Crippen LogP contribution in [-0.4, -0.2) is 30.2 Å². The van der Waals surface area contributed by atoms with Crippen LogP contribution >= 0.6 is 0 Å². The van der Waals surface area contributed by atoms with Gasteiger partial charge in [0.15, 0.2) is 5.69 Å². The van der Waals surface area contributed by atoms with Gasteiger partial charge in [-0.25, -0.2) is 15.0 Å². The number of aromatic nitrogens is 5. The molecule has 10 heteroatoms. The van der Waals surface area contributed by atoms with Crippen LogP contribution in [0.4, 0.5) is 13.2 Å². The topological polar surface area (TPSA) is 102 Å². The zero-order valence-electron chi connectivity index (χ0n) is 13.5. The summed E-state index contributed by atoms with van der Waals surface area (Å²) in [6.45, 7) is 0. The molecule has 1 amide bonds. The number of carbonyl (C=O) groups is 1. The number of H-pyrrole nitrogens is 1. The Labute approximate surface area is 149 Å². The van der Waals surface area contributed by atoms with Gasteiger partial charge in [0.25, 0.3) is 5.91 Å². The van der Waals surface area contributed by atoms with Gasteiger partial charge in [-0.3, -0.25) is 9.20 Å². The van der Waals surface area contributed by atoms with E-state index in [1.807, 2.05) is 0 Å². The summed E-state index contributed by atoms with van der Waals surface area (Å²) in [7, 11) is 0. The number of nitrogens with zero attached hydrogens (tertiary/aromatic N) is 4.